The second-order valence-electron chi connectivity index (χ2n) is 3.84. The van der Waals surface area contributed by atoms with E-state index in [0.717, 1.165) is 5.69 Å². The summed E-state index contributed by atoms with van der Waals surface area (Å²) in [7, 11) is 1.80. The highest BCUT2D eigenvalue weighted by Gasteiger charge is 2.15. The molecule has 0 aliphatic rings. The summed E-state index contributed by atoms with van der Waals surface area (Å²) in [4.78, 5) is 0. The molecule has 0 aliphatic carbocycles. The molecular weight excluding hydrogens is 243 g/mol. The molecule has 1 aromatic carbocycles. The first kappa shape index (κ1) is 12.1. The standard InChI is InChI=1S/C12H12ClFN2O/c1-16-6-5-8(15-16)7-11(17)9-3-2-4-10(14)12(9)13/h2-6,11,17H,7H2,1H3. The van der Waals surface area contributed by atoms with Gasteiger partial charge in [0.2, 0.25) is 0 Å². The van der Waals surface area contributed by atoms with E-state index in [4.69, 9.17) is 11.6 Å². The van der Waals surface area contributed by atoms with Crippen LogP contribution >= 0.6 is 11.6 Å². The lowest BCUT2D eigenvalue weighted by Crippen LogP contribution is -2.04. The molecule has 17 heavy (non-hydrogen) atoms. The van der Waals surface area contributed by atoms with Crippen molar-refractivity contribution in [1.29, 1.82) is 0 Å². The van der Waals surface area contributed by atoms with Crippen molar-refractivity contribution in [2.24, 2.45) is 7.05 Å². The Kier molecular flexibility index (Phi) is 3.45. The molecule has 1 aromatic heterocycles. The van der Waals surface area contributed by atoms with Gasteiger partial charge in [-0.2, -0.15) is 5.10 Å². The first-order chi connectivity index (χ1) is 8.08. The number of hydrogen-bond acceptors (Lipinski definition) is 2. The Morgan fingerprint density at radius 3 is 2.88 bits per heavy atom. The van der Waals surface area contributed by atoms with Crippen molar-refractivity contribution in [1.82, 2.24) is 9.78 Å². The monoisotopic (exact) mass is 254 g/mol. The van der Waals surface area contributed by atoms with E-state index in [1.165, 1.54) is 12.1 Å². The van der Waals surface area contributed by atoms with Crippen LogP contribution in [-0.4, -0.2) is 14.9 Å². The molecule has 0 spiro atoms. The maximum atomic E-state index is 13.2. The second-order valence-corrected chi connectivity index (χ2v) is 4.22. The summed E-state index contributed by atoms with van der Waals surface area (Å²) in [6.07, 6.45) is 1.24. The topological polar surface area (TPSA) is 38.0 Å². The highest BCUT2D eigenvalue weighted by atomic mass is 35.5. The fourth-order valence-electron chi connectivity index (χ4n) is 1.66. The van der Waals surface area contributed by atoms with Crippen molar-refractivity contribution < 1.29 is 9.50 Å². The third-order valence-corrected chi connectivity index (χ3v) is 2.91. The number of aryl methyl sites for hydroxylation is 1. The molecule has 0 radical (unpaired) electrons. The van der Waals surface area contributed by atoms with Gasteiger partial charge in [0.1, 0.15) is 5.82 Å². The number of halogens is 2. The van der Waals surface area contributed by atoms with Gasteiger partial charge >= 0.3 is 0 Å². The molecular formula is C12H12ClFN2O. The lowest BCUT2D eigenvalue weighted by atomic mass is 10.0. The number of aliphatic hydroxyl groups is 1. The Bertz CT molecular complexity index is 527. The zero-order valence-corrected chi connectivity index (χ0v) is 10.0. The molecule has 0 amide bonds. The summed E-state index contributed by atoms with van der Waals surface area (Å²) in [6.45, 7) is 0. The van der Waals surface area contributed by atoms with E-state index in [1.807, 2.05) is 0 Å². The zero-order valence-electron chi connectivity index (χ0n) is 9.27. The highest BCUT2D eigenvalue weighted by Crippen LogP contribution is 2.27. The average molecular weight is 255 g/mol. The molecule has 2 rings (SSSR count). The maximum Gasteiger partial charge on any atom is 0.142 e. The van der Waals surface area contributed by atoms with Crippen LogP contribution in [0.2, 0.25) is 5.02 Å². The van der Waals surface area contributed by atoms with Gasteiger partial charge in [-0.15, -0.1) is 0 Å². The number of aromatic nitrogens is 2. The first-order valence-electron chi connectivity index (χ1n) is 5.18. The van der Waals surface area contributed by atoms with Crippen molar-refractivity contribution in [3.8, 4) is 0 Å². The lowest BCUT2D eigenvalue weighted by molar-refractivity contribution is 0.176. The van der Waals surface area contributed by atoms with Gasteiger partial charge in [0, 0.05) is 25.2 Å². The van der Waals surface area contributed by atoms with Gasteiger partial charge < -0.3 is 5.11 Å². The van der Waals surface area contributed by atoms with E-state index in [9.17, 15) is 9.50 Å². The molecule has 0 aliphatic heterocycles. The zero-order chi connectivity index (χ0) is 12.4. The van der Waals surface area contributed by atoms with Gasteiger partial charge in [-0.05, 0) is 12.1 Å². The van der Waals surface area contributed by atoms with Crippen LogP contribution in [0.25, 0.3) is 0 Å². The summed E-state index contributed by atoms with van der Waals surface area (Å²) >= 11 is 5.80. The summed E-state index contributed by atoms with van der Waals surface area (Å²) < 4.78 is 14.9. The largest absolute Gasteiger partial charge is 0.388 e. The third kappa shape index (κ3) is 2.65. The summed E-state index contributed by atoms with van der Waals surface area (Å²) in [5.74, 6) is -0.524. The summed E-state index contributed by atoms with van der Waals surface area (Å²) in [5, 5.41) is 14.1. The molecule has 0 bridgehead atoms. The van der Waals surface area contributed by atoms with Gasteiger partial charge in [-0.3, -0.25) is 4.68 Å². The molecule has 3 nitrogen and oxygen atoms in total. The minimum absolute atomic E-state index is 0.0315. The van der Waals surface area contributed by atoms with Crippen molar-refractivity contribution in [3.63, 3.8) is 0 Å². The molecule has 0 saturated carbocycles. The Balaban J connectivity index is 2.20. The van der Waals surface area contributed by atoms with Crippen LogP contribution in [0.1, 0.15) is 17.4 Å². The van der Waals surface area contributed by atoms with E-state index in [0.29, 0.717) is 12.0 Å². The minimum atomic E-state index is -0.854. The molecule has 2 aromatic rings. The van der Waals surface area contributed by atoms with Crippen LogP contribution in [0.5, 0.6) is 0 Å². The second kappa shape index (κ2) is 4.85. The quantitative estimate of drug-likeness (QED) is 0.914. The van der Waals surface area contributed by atoms with Crippen LogP contribution in [0, 0.1) is 5.82 Å². The van der Waals surface area contributed by atoms with Crippen molar-refractivity contribution in [3.05, 3.63) is 52.6 Å². The van der Waals surface area contributed by atoms with Crippen molar-refractivity contribution in [2.75, 3.05) is 0 Å². The van der Waals surface area contributed by atoms with Crippen molar-refractivity contribution >= 4 is 11.6 Å². The minimum Gasteiger partial charge on any atom is -0.388 e. The van der Waals surface area contributed by atoms with Gasteiger partial charge in [-0.25, -0.2) is 4.39 Å². The molecule has 90 valence electrons. The number of nitrogens with zero attached hydrogens (tertiary/aromatic N) is 2. The van der Waals surface area contributed by atoms with E-state index in [2.05, 4.69) is 5.10 Å². The Labute approximate surface area is 103 Å². The number of aliphatic hydroxyl groups excluding tert-OH is 1. The highest BCUT2D eigenvalue weighted by molar-refractivity contribution is 6.31. The molecule has 1 heterocycles. The molecule has 1 N–H and O–H groups in total. The number of hydrogen-bond donors (Lipinski definition) is 1. The maximum absolute atomic E-state index is 13.2. The van der Waals surface area contributed by atoms with Crippen LogP contribution in [0.3, 0.4) is 0 Å². The van der Waals surface area contributed by atoms with Gasteiger partial charge in [0.05, 0.1) is 16.8 Å². The Hall–Kier alpha value is -1.39. The smallest absolute Gasteiger partial charge is 0.142 e. The fourth-order valence-corrected chi connectivity index (χ4v) is 1.91. The predicted octanol–water partition coefficient (Wildman–Crippen LogP) is 2.49. The Morgan fingerprint density at radius 2 is 2.24 bits per heavy atom. The Morgan fingerprint density at radius 1 is 1.47 bits per heavy atom. The van der Waals surface area contributed by atoms with Crippen LogP contribution in [0.15, 0.2) is 30.5 Å². The predicted molar refractivity (Wildman–Crippen MR) is 63.3 cm³/mol. The average Bonchev–Trinajstić information content (AvgIpc) is 2.68. The van der Waals surface area contributed by atoms with E-state index < -0.39 is 11.9 Å². The number of rotatable bonds is 3. The SMILES string of the molecule is Cn1ccc(CC(O)c2cccc(F)c2Cl)n1. The van der Waals surface area contributed by atoms with Gasteiger partial charge in [-0.1, -0.05) is 23.7 Å². The van der Waals surface area contributed by atoms with E-state index >= 15 is 0 Å². The van der Waals surface area contributed by atoms with Gasteiger partial charge in [0.15, 0.2) is 0 Å². The molecule has 0 fully saturated rings. The van der Waals surface area contributed by atoms with Crippen LogP contribution in [-0.2, 0) is 13.5 Å². The normalized spacial score (nSPS) is 12.7. The van der Waals surface area contributed by atoms with Gasteiger partial charge in [0.25, 0.3) is 0 Å². The molecule has 1 atom stereocenters. The van der Waals surface area contributed by atoms with E-state index in [-0.39, 0.29) is 5.02 Å². The molecule has 0 saturated heterocycles. The molecule has 5 heteroatoms. The summed E-state index contributed by atoms with van der Waals surface area (Å²) in [5.41, 5.74) is 1.12. The van der Waals surface area contributed by atoms with Crippen LogP contribution in [0.4, 0.5) is 4.39 Å². The van der Waals surface area contributed by atoms with E-state index in [1.54, 1.807) is 30.1 Å². The first-order valence-corrected chi connectivity index (χ1v) is 5.56. The number of benzene rings is 1. The fraction of sp³-hybridized carbons (Fsp3) is 0.250. The third-order valence-electron chi connectivity index (χ3n) is 2.51. The summed E-state index contributed by atoms with van der Waals surface area (Å²) in [6, 6.07) is 6.20. The molecule has 1 unspecified atom stereocenters. The lowest BCUT2D eigenvalue weighted by Gasteiger charge is -2.11. The van der Waals surface area contributed by atoms with Crippen LogP contribution < -0.4 is 0 Å². The van der Waals surface area contributed by atoms with Crippen molar-refractivity contribution in [2.45, 2.75) is 12.5 Å².